The maximum atomic E-state index is 5.46. The van der Waals surface area contributed by atoms with E-state index in [1.54, 1.807) is 0 Å². The summed E-state index contributed by atoms with van der Waals surface area (Å²) in [5, 5.41) is 0. The van der Waals surface area contributed by atoms with Crippen LogP contribution >= 0.6 is 11.8 Å². The van der Waals surface area contributed by atoms with Gasteiger partial charge in [-0.25, -0.2) is 4.98 Å². The molecule has 1 heterocycles. The van der Waals surface area contributed by atoms with E-state index in [1.807, 2.05) is 18.0 Å². The number of imidazole rings is 1. The molecule has 74 valence electrons. The molecule has 0 unspecified atom stereocenters. The van der Waals surface area contributed by atoms with E-state index in [1.165, 1.54) is 5.75 Å². The molecule has 13 heavy (non-hydrogen) atoms. The largest absolute Gasteiger partial charge is 0.344 e. The second-order valence-electron chi connectivity index (χ2n) is 3.47. The Labute approximate surface area is 83.5 Å². The highest BCUT2D eigenvalue weighted by molar-refractivity contribution is 7.98. The van der Waals surface area contributed by atoms with Crippen LogP contribution in [0.15, 0.2) is 6.20 Å². The monoisotopic (exact) mass is 199 g/mol. The fraction of sp³-hybridized carbons (Fsp3) is 0.667. The summed E-state index contributed by atoms with van der Waals surface area (Å²) in [5.74, 6) is 3.91. The molecule has 3 N–H and O–H groups in total. The number of thioether (sulfide) groups is 1. The van der Waals surface area contributed by atoms with Gasteiger partial charge in [-0.2, -0.15) is 11.8 Å². The SMILES string of the molecule is CC(C)CSCc1ncc(CN)[nH]1. The van der Waals surface area contributed by atoms with Crippen LogP contribution in [-0.4, -0.2) is 15.7 Å². The van der Waals surface area contributed by atoms with E-state index in [0.717, 1.165) is 23.2 Å². The van der Waals surface area contributed by atoms with E-state index in [4.69, 9.17) is 5.73 Å². The Kier molecular flexibility index (Phi) is 4.32. The molecule has 0 spiro atoms. The standard InChI is InChI=1S/C9H17N3S/c1-7(2)5-13-6-9-11-4-8(3-10)12-9/h4,7H,3,5-6,10H2,1-2H3,(H,11,12). The van der Waals surface area contributed by atoms with Crippen molar-refractivity contribution in [2.75, 3.05) is 5.75 Å². The zero-order valence-electron chi connectivity index (χ0n) is 8.21. The minimum absolute atomic E-state index is 0.543. The quantitative estimate of drug-likeness (QED) is 0.759. The number of nitrogens with one attached hydrogen (secondary N) is 1. The van der Waals surface area contributed by atoms with E-state index in [2.05, 4.69) is 23.8 Å². The summed E-state index contributed by atoms with van der Waals surface area (Å²) in [6.45, 7) is 4.99. The summed E-state index contributed by atoms with van der Waals surface area (Å²) in [5.41, 5.74) is 6.48. The maximum absolute atomic E-state index is 5.46. The number of nitrogens with two attached hydrogens (primary N) is 1. The number of H-pyrrole nitrogens is 1. The summed E-state index contributed by atoms with van der Waals surface area (Å²) >= 11 is 1.90. The first-order chi connectivity index (χ1) is 6.22. The van der Waals surface area contributed by atoms with Crippen LogP contribution in [0.4, 0.5) is 0 Å². The Balaban J connectivity index is 2.28. The molecule has 0 aliphatic rings. The molecule has 0 bridgehead atoms. The van der Waals surface area contributed by atoms with Gasteiger partial charge in [-0.1, -0.05) is 13.8 Å². The second kappa shape index (κ2) is 5.29. The van der Waals surface area contributed by atoms with Gasteiger partial charge >= 0.3 is 0 Å². The Morgan fingerprint density at radius 1 is 1.62 bits per heavy atom. The molecule has 0 saturated carbocycles. The third kappa shape index (κ3) is 3.83. The van der Waals surface area contributed by atoms with Gasteiger partial charge in [-0.15, -0.1) is 0 Å². The average molecular weight is 199 g/mol. The molecule has 1 aromatic heterocycles. The number of aromatic amines is 1. The first kappa shape index (κ1) is 10.6. The lowest BCUT2D eigenvalue weighted by Crippen LogP contribution is -1.96. The fourth-order valence-corrected chi connectivity index (χ4v) is 1.90. The molecule has 1 rings (SSSR count). The van der Waals surface area contributed by atoms with E-state index in [-0.39, 0.29) is 0 Å². The molecular formula is C9H17N3S. The maximum Gasteiger partial charge on any atom is 0.116 e. The number of nitrogens with zero attached hydrogens (tertiary/aromatic N) is 1. The molecule has 0 saturated heterocycles. The Bertz CT molecular complexity index is 245. The lowest BCUT2D eigenvalue weighted by Gasteiger charge is -2.01. The molecule has 0 radical (unpaired) electrons. The van der Waals surface area contributed by atoms with Crippen molar-refractivity contribution in [3.8, 4) is 0 Å². The molecule has 0 aliphatic heterocycles. The van der Waals surface area contributed by atoms with Crippen LogP contribution in [0, 0.1) is 5.92 Å². The van der Waals surface area contributed by atoms with Gasteiger partial charge < -0.3 is 10.7 Å². The number of rotatable bonds is 5. The van der Waals surface area contributed by atoms with Gasteiger partial charge in [0, 0.05) is 18.4 Å². The van der Waals surface area contributed by atoms with Crippen LogP contribution in [0.5, 0.6) is 0 Å². The van der Waals surface area contributed by atoms with Crippen LogP contribution in [0.2, 0.25) is 0 Å². The van der Waals surface area contributed by atoms with Crippen molar-refractivity contribution in [3.05, 3.63) is 17.7 Å². The minimum atomic E-state index is 0.543. The van der Waals surface area contributed by atoms with E-state index in [0.29, 0.717) is 6.54 Å². The van der Waals surface area contributed by atoms with Gasteiger partial charge in [0.1, 0.15) is 5.82 Å². The van der Waals surface area contributed by atoms with Crippen molar-refractivity contribution >= 4 is 11.8 Å². The number of hydrogen-bond acceptors (Lipinski definition) is 3. The van der Waals surface area contributed by atoms with Crippen molar-refractivity contribution in [3.63, 3.8) is 0 Å². The first-order valence-electron chi connectivity index (χ1n) is 4.53. The molecule has 0 fully saturated rings. The van der Waals surface area contributed by atoms with Crippen LogP contribution in [-0.2, 0) is 12.3 Å². The topological polar surface area (TPSA) is 54.7 Å². The van der Waals surface area contributed by atoms with Gasteiger partial charge in [0.05, 0.1) is 5.75 Å². The smallest absolute Gasteiger partial charge is 0.116 e. The Morgan fingerprint density at radius 2 is 2.38 bits per heavy atom. The van der Waals surface area contributed by atoms with E-state index in [9.17, 15) is 0 Å². The summed E-state index contributed by atoms with van der Waals surface area (Å²) in [6, 6.07) is 0. The Morgan fingerprint density at radius 3 is 2.92 bits per heavy atom. The molecule has 3 nitrogen and oxygen atoms in total. The van der Waals surface area contributed by atoms with Gasteiger partial charge in [0.2, 0.25) is 0 Å². The third-order valence-electron chi connectivity index (χ3n) is 1.59. The minimum Gasteiger partial charge on any atom is -0.344 e. The lowest BCUT2D eigenvalue weighted by atomic mass is 10.3. The summed E-state index contributed by atoms with van der Waals surface area (Å²) in [7, 11) is 0. The fourth-order valence-electron chi connectivity index (χ4n) is 0.974. The molecule has 4 heteroatoms. The van der Waals surface area contributed by atoms with Crippen molar-refractivity contribution in [2.45, 2.75) is 26.1 Å². The highest BCUT2D eigenvalue weighted by Crippen LogP contribution is 2.12. The lowest BCUT2D eigenvalue weighted by molar-refractivity contribution is 0.750. The van der Waals surface area contributed by atoms with E-state index >= 15 is 0 Å². The van der Waals surface area contributed by atoms with Gasteiger partial charge in [-0.05, 0) is 11.7 Å². The molecule has 0 amide bonds. The second-order valence-corrected chi connectivity index (χ2v) is 4.50. The zero-order chi connectivity index (χ0) is 9.68. The highest BCUT2D eigenvalue weighted by Gasteiger charge is 2.00. The highest BCUT2D eigenvalue weighted by atomic mass is 32.2. The zero-order valence-corrected chi connectivity index (χ0v) is 9.03. The summed E-state index contributed by atoms with van der Waals surface area (Å²) < 4.78 is 0. The predicted molar refractivity (Wildman–Crippen MR) is 57.5 cm³/mol. The van der Waals surface area contributed by atoms with Crippen molar-refractivity contribution < 1.29 is 0 Å². The van der Waals surface area contributed by atoms with Gasteiger partial charge in [0.25, 0.3) is 0 Å². The summed E-state index contributed by atoms with van der Waals surface area (Å²) in [6.07, 6.45) is 1.81. The number of aromatic nitrogens is 2. The first-order valence-corrected chi connectivity index (χ1v) is 5.68. The van der Waals surface area contributed by atoms with Crippen LogP contribution < -0.4 is 5.73 Å². The van der Waals surface area contributed by atoms with Gasteiger partial charge in [0.15, 0.2) is 0 Å². The average Bonchev–Trinajstić information content (AvgIpc) is 2.52. The summed E-state index contributed by atoms with van der Waals surface area (Å²) in [4.78, 5) is 7.41. The van der Waals surface area contributed by atoms with Crippen molar-refractivity contribution in [2.24, 2.45) is 11.7 Å². The molecule has 1 aromatic rings. The Hall–Kier alpha value is -0.480. The van der Waals surface area contributed by atoms with Crippen LogP contribution in [0.1, 0.15) is 25.4 Å². The molecule has 0 atom stereocenters. The normalized spacial score (nSPS) is 11.1. The van der Waals surface area contributed by atoms with Gasteiger partial charge in [-0.3, -0.25) is 0 Å². The molecule has 0 aromatic carbocycles. The van der Waals surface area contributed by atoms with Crippen LogP contribution in [0.25, 0.3) is 0 Å². The van der Waals surface area contributed by atoms with Crippen molar-refractivity contribution in [1.29, 1.82) is 0 Å². The predicted octanol–water partition coefficient (Wildman–Crippen LogP) is 1.76. The van der Waals surface area contributed by atoms with E-state index < -0.39 is 0 Å². The number of hydrogen-bond donors (Lipinski definition) is 2. The molecule has 0 aliphatic carbocycles. The van der Waals surface area contributed by atoms with Crippen LogP contribution in [0.3, 0.4) is 0 Å². The third-order valence-corrected chi connectivity index (χ3v) is 2.97. The van der Waals surface area contributed by atoms with Crippen molar-refractivity contribution in [1.82, 2.24) is 9.97 Å². The molecular weight excluding hydrogens is 182 g/mol.